The Morgan fingerprint density at radius 2 is 1.65 bits per heavy atom. The van der Waals surface area contributed by atoms with Crippen molar-refractivity contribution in [1.82, 2.24) is 0 Å². The molecule has 0 saturated heterocycles. The van der Waals surface area contributed by atoms with Gasteiger partial charge in [-0.1, -0.05) is 69.7 Å². The molecule has 2 rings (SSSR count). The Labute approximate surface area is 124 Å². The zero-order valence-electron chi connectivity index (χ0n) is 13.3. The summed E-state index contributed by atoms with van der Waals surface area (Å²) in [7, 11) is 0. The van der Waals surface area contributed by atoms with Gasteiger partial charge in [-0.05, 0) is 54.2 Å². The first kappa shape index (κ1) is 15.1. The van der Waals surface area contributed by atoms with E-state index in [1.54, 1.807) is 0 Å². The van der Waals surface area contributed by atoms with Crippen molar-refractivity contribution in [2.24, 2.45) is 17.8 Å². The van der Waals surface area contributed by atoms with E-state index in [-0.39, 0.29) is 0 Å². The lowest BCUT2D eigenvalue weighted by Gasteiger charge is -2.36. The first-order valence-corrected chi connectivity index (χ1v) is 7.96. The van der Waals surface area contributed by atoms with Gasteiger partial charge in [-0.25, -0.2) is 0 Å². The van der Waals surface area contributed by atoms with Crippen LogP contribution < -0.4 is 0 Å². The minimum atomic E-state index is 0.623. The van der Waals surface area contributed by atoms with Crippen molar-refractivity contribution in [2.75, 3.05) is 0 Å². The van der Waals surface area contributed by atoms with Gasteiger partial charge in [-0.2, -0.15) is 0 Å². The van der Waals surface area contributed by atoms with E-state index < -0.39 is 0 Å². The van der Waals surface area contributed by atoms with Crippen LogP contribution in [0, 0.1) is 24.7 Å². The molecular formula is C20H28. The van der Waals surface area contributed by atoms with Gasteiger partial charge in [-0.15, -0.1) is 0 Å². The van der Waals surface area contributed by atoms with Gasteiger partial charge < -0.3 is 0 Å². The summed E-state index contributed by atoms with van der Waals surface area (Å²) in [6.07, 6.45) is 5.35. The van der Waals surface area contributed by atoms with Crippen molar-refractivity contribution in [3.05, 3.63) is 54.1 Å². The average Bonchev–Trinajstić information content (AvgIpc) is 2.46. The van der Waals surface area contributed by atoms with E-state index in [4.69, 9.17) is 0 Å². The van der Waals surface area contributed by atoms with Gasteiger partial charge in [0.15, 0.2) is 0 Å². The van der Waals surface area contributed by atoms with Crippen LogP contribution in [0.1, 0.15) is 50.7 Å². The van der Waals surface area contributed by atoms with Gasteiger partial charge in [0.25, 0.3) is 0 Å². The fourth-order valence-electron chi connectivity index (χ4n) is 3.55. The summed E-state index contributed by atoms with van der Waals surface area (Å²) in [4.78, 5) is 0. The Morgan fingerprint density at radius 1 is 1.05 bits per heavy atom. The molecule has 0 aromatic heterocycles. The Kier molecular flexibility index (Phi) is 4.86. The molecule has 1 aromatic carbocycles. The molecule has 1 aromatic rings. The summed E-state index contributed by atoms with van der Waals surface area (Å²) < 4.78 is 0. The van der Waals surface area contributed by atoms with E-state index in [9.17, 15) is 0 Å². The van der Waals surface area contributed by atoms with E-state index in [0.717, 1.165) is 17.4 Å². The molecule has 1 fully saturated rings. The van der Waals surface area contributed by atoms with E-state index in [2.05, 4.69) is 58.2 Å². The van der Waals surface area contributed by atoms with Crippen LogP contribution in [0.4, 0.5) is 0 Å². The molecule has 1 aliphatic rings. The zero-order chi connectivity index (χ0) is 14.7. The van der Waals surface area contributed by atoms with Crippen LogP contribution in [0.25, 0.3) is 5.57 Å². The molecule has 108 valence electrons. The number of hydrogen-bond acceptors (Lipinski definition) is 0. The molecule has 0 heterocycles. The maximum atomic E-state index is 4.41. The highest BCUT2D eigenvalue weighted by atomic mass is 14.3. The molecule has 0 heteroatoms. The first-order valence-electron chi connectivity index (χ1n) is 7.96. The highest BCUT2D eigenvalue weighted by Gasteiger charge is 2.30. The smallest absolute Gasteiger partial charge is 0.0131 e. The molecule has 0 nitrogen and oxygen atoms in total. The summed E-state index contributed by atoms with van der Waals surface area (Å²) in [5.74, 6) is 2.14. The normalized spacial score (nSPS) is 22.8. The standard InChI is InChI=1S/C20H28/c1-14(2)19-8-6-7-9-20(19)17(5)16(4)18-12-10-15(3)11-13-18/h10-14,19-20H,4-9H2,1-3H3. The van der Waals surface area contributed by atoms with Gasteiger partial charge in [0.05, 0.1) is 0 Å². The number of aryl methyl sites for hydroxylation is 1. The lowest BCUT2D eigenvalue weighted by molar-refractivity contribution is 0.213. The average molecular weight is 268 g/mol. The Balaban J connectivity index is 2.16. The van der Waals surface area contributed by atoms with Gasteiger partial charge in [0.1, 0.15) is 0 Å². The summed E-state index contributed by atoms with van der Waals surface area (Å²) in [5.41, 5.74) is 4.94. The monoisotopic (exact) mass is 268 g/mol. The minimum absolute atomic E-state index is 0.623. The molecule has 2 atom stereocenters. The van der Waals surface area contributed by atoms with Crippen LogP contribution >= 0.6 is 0 Å². The Bertz CT molecular complexity index is 475. The number of rotatable bonds is 4. The second-order valence-electron chi connectivity index (χ2n) is 6.67. The maximum absolute atomic E-state index is 4.41. The van der Waals surface area contributed by atoms with Crippen LogP contribution in [-0.4, -0.2) is 0 Å². The van der Waals surface area contributed by atoms with Crippen LogP contribution in [0.15, 0.2) is 43.0 Å². The summed E-state index contributed by atoms with van der Waals surface area (Å²) in [6, 6.07) is 8.68. The van der Waals surface area contributed by atoms with E-state index in [1.807, 2.05) is 0 Å². The zero-order valence-corrected chi connectivity index (χ0v) is 13.3. The third-order valence-electron chi connectivity index (χ3n) is 4.91. The number of benzene rings is 1. The van der Waals surface area contributed by atoms with E-state index in [1.165, 1.54) is 42.4 Å². The molecule has 1 aliphatic carbocycles. The summed E-state index contributed by atoms with van der Waals surface area (Å²) in [6.45, 7) is 15.6. The highest BCUT2D eigenvalue weighted by molar-refractivity contribution is 5.77. The fourth-order valence-corrected chi connectivity index (χ4v) is 3.55. The largest absolute Gasteiger partial charge is 0.0949 e. The lowest BCUT2D eigenvalue weighted by Crippen LogP contribution is -2.25. The van der Waals surface area contributed by atoms with Crippen LogP contribution in [0.5, 0.6) is 0 Å². The predicted octanol–water partition coefficient (Wildman–Crippen LogP) is 6.03. The molecular weight excluding hydrogens is 240 g/mol. The third kappa shape index (κ3) is 3.23. The molecule has 0 N–H and O–H groups in total. The van der Waals surface area contributed by atoms with Gasteiger partial charge in [0, 0.05) is 0 Å². The Morgan fingerprint density at radius 3 is 2.25 bits per heavy atom. The maximum Gasteiger partial charge on any atom is -0.0131 e. The number of hydrogen-bond donors (Lipinski definition) is 0. The van der Waals surface area contributed by atoms with Gasteiger partial charge in [0.2, 0.25) is 0 Å². The second-order valence-corrected chi connectivity index (χ2v) is 6.67. The molecule has 0 aliphatic heterocycles. The van der Waals surface area contributed by atoms with Gasteiger partial charge in [-0.3, -0.25) is 0 Å². The van der Waals surface area contributed by atoms with Crippen LogP contribution in [0.3, 0.4) is 0 Å². The fraction of sp³-hybridized carbons (Fsp3) is 0.500. The number of allylic oxidation sites excluding steroid dienone is 2. The summed E-state index contributed by atoms with van der Waals surface area (Å²) in [5, 5.41) is 0. The lowest BCUT2D eigenvalue weighted by atomic mass is 9.69. The van der Waals surface area contributed by atoms with Crippen LogP contribution in [-0.2, 0) is 0 Å². The predicted molar refractivity (Wildman–Crippen MR) is 89.6 cm³/mol. The summed E-state index contributed by atoms with van der Waals surface area (Å²) >= 11 is 0. The molecule has 0 spiro atoms. The molecule has 0 radical (unpaired) electrons. The van der Waals surface area contributed by atoms with Crippen LogP contribution in [0.2, 0.25) is 0 Å². The van der Waals surface area contributed by atoms with Crippen molar-refractivity contribution in [1.29, 1.82) is 0 Å². The molecule has 20 heavy (non-hydrogen) atoms. The van der Waals surface area contributed by atoms with Crippen molar-refractivity contribution >= 4 is 5.57 Å². The van der Waals surface area contributed by atoms with Crippen molar-refractivity contribution in [3.63, 3.8) is 0 Å². The Hall–Kier alpha value is -1.30. The minimum Gasteiger partial charge on any atom is -0.0949 e. The topological polar surface area (TPSA) is 0 Å². The highest BCUT2D eigenvalue weighted by Crippen LogP contribution is 2.42. The third-order valence-corrected chi connectivity index (χ3v) is 4.91. The van der Waals surface area contributed by atoms with Crippen molar-refractivity contribution < 1.29 is 0 Å². The molecule has 0 bridgehead atoms. The van der Waals surface area contributed by atoms with Gasteiger partial charge >= 0.3 is 0 Å². The molecule has 0 amide bonds. The first-order chi connectivity index (χ1) is 9.50. The van der Waals surface area contributed by atoms with Crippen molar-refractivity contribution in [3.8, 4) is 0 Å². The van der Waals surface area contributed by atoms with E-state index >= 15 is 0 Å². The van der Waals surface area contributed by atoms with E-state index in [0.29, 0.717) is 5.92 Å². The molecule has 2 unspecified atom stereocenters. The quantitative estimate of drug-likeness (QED) is 0.585. The SMILES string of the molecule is C=C(C(=C)C1CCCCC1C(C)C)c1ccc(C)cc1. The molecule has 1 saturated carbocycles. The van der Waals surface area contributed by atoms with Crippen molar-refractivity contribution in [2.45, 2.75) is 46.5 Å². The second kappa shape index (κ2) is 6.43.